The van der Waals surface area contributed by atoms with Gasteiger partial charge in [-0.05, 0) is 36.8 Å². The Morgan fingerprint density at radius 3 is 2.54 bits per heavy atom. The van der Waals surface area contributed by atoms with Crippen molar-refractivity contribution in [3.63, 3.8) is 0 Å². The minimum absolute atomic E-state index is 0.0577. The number of nitro benzene ring substituents is 1. The van der Waals surface area contributed by atoms with E-state index in [4.69, 9.17) is 9.72 Å². The van der Waals surface area contributed by atoms with Crippen LogP contribution in [-0.4, -0.2) is 77.5 Å². The Morgan fingerprint density at radius 1 is 1.11 bits per heavy atom. The number of fused-ring (bicyclic) bond motifs is 3. The Bertz CT molecular complexity index is 1470. The van der Waals surface area contributed by atoms with Gasteiger partial charge in [0.05, 0.1) is 33.7 Å². The first-order chi connectivity index (χ1) is 16.8. The third kappa shape index (κ3) is 5.15. The molecule has 5 rings (SSSR count). The summed E-state index contributed by atoms with van der Waals surface area (Å²) in [5, 5.41) is 10.9. The van der Waals surface area contributed by atoms with E-state index in [0.717, 1.165) is 58.2 Å². The van der Waals surface area contributed by atoms with Crippen LogP contribution in [0.2, 0.25) is 0 Å². The first kappa shape index (κ1) is 23.7. The fourth-order valence-electron chi connectivity index (χ4n) is 4.23. The highest BCUT2D eigenvalue weighted by molar-refractivity contribution is 7.88. The number of nitrogens with zero attached hydrogens (tertiary/aromatic N) is 5. The molecule has 1 fully saturated rings. The van der Waals surface area contributed by atoms with Crippen LogP contribution in [0.1, 0.15) is 6.42 Å². The normalized spacial score (nSPS) is 15.7. The number of rotatable bonds is 8. The molecule has 1 aliphatic rings. The molecule has 10 nitrogen and oxygen atoms in total. The Balaban J connectivity index is 1.18. The van der Waals surface area contributed by atoms with Gasteiger partial charge in [-0.3, -0.25) is 14.5 Å². The summed E-state index contributed by atoms with van der Waals surface area (Å²) in [5.74, 6) is 0.805. The zero-order valence-corrected chi connectivity index (χ0v) is 20.8. The summed E-state index contributed by atoms with van der Waals surface area (Å²) in [7, 11) is -3.10. The molecule has 0 radical (unpaired) electrons. The first-order valence-corrected chi connectivity index (χ1v) is 13.9. The number of hydrogen-bond donors (Lipinski definition) is 0. The summed E-state index contributed by atoms with van der Waals surface area (Å²) in [4.78, 5) is 18.3. The molecule has 0 unspecified atom stereocenters. The van der Waals surface area contributed by atoms with Crippen molar-refractivity contribution in [3.05, 3.63) is 58.8 Å². The number of imidazole rings is 1. The SMILES string of the molecule is CS(=O)(=O)N1CCN(CCCOc2ccc3c(c2)sc2nc(-c4ccc([N+](=O)[O-])cc4)cn23)CC1. The van der Waals surface area contributed by atoms with Gasteiger partial charge in [-0.15, -0.1) is 0 Å². The molecule has 0 bridgehead atoms. The van der Waals surface area contributed by atoms with Crippen molar-refractivity contribution in [2.24, 2.45) is 0 Å². The lowest BCUT2D eigenvalue weighted by molar-refractivity contribution is -0.384. The van der Waals surface area contributed by atoms with E-state index in [0.29, 0.717) is 19.7 Å². The van der Waals surface area contributed by atoms with Crippen LogP contribution in [0.15, 0.2) is 48.7 Å². The topological polar surface area (TPSA) is 110 Å². The summed E-state index contributed by atoms with van der Waals surface area (Å²) < 4.78 is 33.8. The van der Waals surface area contributed by atoms with Gasteiger partial charge in [-0.1, -0.05) is 11.3 Å². The molecule has 0 amide bonds. The van der Waals surface area contributed by atoms with Gasteiger partial charge in [0.15, 0.2) is 4.96 Å². The Kier molecular flexibility index (Phi) is 6.45. The van der Waals surface area contributed by atoms with Crippen LogP contribution in [-0.2, 0) is 10.0 Å². The van der Waals surface area contributed by atoms with Crippen molar-refractivity contribution in [2.45, 2.75) is 6.42 Å². The van der Waals surface area contributed by atoms with Crippen LogP contribution in [0.5, 0.6) is 5.75 Å². The van der Waals surface area contributed by atoms with Gasteiger partial charge in [0.1, 0.15) is 5.75 Å². The maximum atomic E-state index is 11.6. The smallest absolute Gasteiger partial charge is 0.269 e. The molecule has 0 atom stereocenters. The lowest BCUT2D eigenvalue weighted by Crippen LogP contribution is -2.48. The highest BCUT2D eigenvalue weighted by Crippen LogP contribution is 2.32. The highest BCUT2D eigenvalue weighted by atomic mass is 32.2. The fourth-order valence-corrected chi connectivity index (χ4v) is 6.09. The van der Waals surface area contributed by atoms with Crippen LogP contribution in [0.3, 0.4) is 0 Å². The van der Waals surface area contributed by atoms with Gasteiger partial charge < -0.3 is 9.64 Å². The number of nitro groups is 1. The molecule has 2 aromatic carbocycles. The van der Waals surface area contributed by atoms with E-state index in [-0.39, 0.29) is 5.69 Å². The van der Waals surface area contributed by atoms with E-state index in [2.05, 4.69) is 4.90 Å². The van der Waals surface area contributed by atoms with Crippen molar-refractivity contribution >= 4 is 42.2 Å². The van der Waals surface area contributed by atoms with Crippen molar-refractivity contribution in [2.75, 3.05) is 45.6 Å². The number of benzene rings is 2. The van der Waals surface area contributed by atoms with Crippen LogP contribution in [0.4, 0.5) is 5.69 Å². The fraction of sp³-hybridized carbons (Fsp3) is 0.348. The second kappa shape index (κ2) is 9.53. The number of sulfonamides is 1. The Hall–Kier alpha value is -3.06. The predicted molar refractivity (Wildman–Crippen MR) is 136 cm³/mol. The number of thiazole rings is 1. The summed E-state index contributed by atoms with van der Waals surface area (Å²) >= 11 is 1.57. The van der Waals surface area contributed by atoms with Crippen molar-refractivity contribution < 1.29 is 18.1 Å². The first-order valence-electron chi connectivity index (χ1n) is 11.2. The van der Waals surface area contributed by atoms with Crippen molar-refractivity contribution in [1.82, 2.24) is 18.6 Å². The van der Waals surface area contributed by atoms with Gasteiger partial charge in [0.25, 0.3) is 5.69 Å². The van der Waals surface area contributed by atoms with Crippen LogP contribution >= 0.6 is 11.3 Å². The maximum Gasteiger partial charge on any atom is 0.269 e. The number of piperazine rings is 1. The summed E-state index contributed by atoms with van der Waals surface area (Å²) in [5.41, 5.74) is 2.69. The molecular weight excluding hydrogens is 490 g/mol. The van der Waals surface area contributed by atoms with E-state index in [1.165, 1.54) is 22.7 Å². The quantitative estimate of drug-likeness (QED) is 0.201. The second-order valence-electron chi connectivity index (χ2n) is 8.52. The molecular formula is C23H25N5O5S2. The monoisotopic (exact) mass is 515 g/mol. The maximum absolute atomic E-state index is 11.6. The molecule has 35 heavy (non-hydrogen) atoms. The largest absolute Gasteiger partial charge is 0.493 e. The molecule has 2 aromatic heterocycles. The van der Waals surface area contributed by atoms with E-state index >= 15 is 0 Å². The zero-order valence-electron chi connectivity index (χ0n) is 19.2. The van der Waals surface area contributed by atoms with E-state index in [1.54, 1.807) is 23.5 Å². The van der Waals surface area contributed by atoms with E-state index in [9.17, 15) is 18.5 Å². The van der Waals surface area contributed by atoms with Gasteiger partial charge in [-0.25, -0.2) is 13.4 Å². The molecule has 1 saturated heterocycles. The summed E-state index contributed by atoms with van der Waals surface area (Å²) in [6.07, 6.45) is 4.07. The van der Waals surface area contributed by atoms with Gasteiger partial charge in [0, 0.05) is 56.6 Å². The van der Waals surface area contributed by atoms with E-state index < -0.39 is 14.9 Å². The molecule has 0 spiro atoms. The molecule has 3 heterocycles. The molecule has 184 valence electrons. The molecule has 4 aromatic rings. The molecule has 0 N–H and O–H groups in total. The van der Waals surface area contributed by atoms with E-state index in [1.807, 2.05) is 28.8 Å². The average Bonchev–Trinajstić information content (AvgIpc) is 3.39. The lowest BCUT2D eigenvalue weighted by atomic mass is 10.1. The average molecular weight is 516 g/mol. The van der Waals surface area contributed by atoms with Crippen molar-refractivity contribution in [1.29, 1.82) is 0 Å². The summed E-state index contributed by atoms with van der Waals surface area (Å²) in [6, 6.07) is 12.4. The number of non-ortho nitro benzene ring substituents is 1. The van der Waals surface area contributed by atoms with Gasteiger partial charge in [-0.2, -0.15) is 4.31 Å². The number of aromatic nitrogens is 2. The van der Waals surface area contributed by atoms with Crippen LogP contribution in [0.25, 0.3) is 26.4 Å². The van der Waals surface area contributed by atoms with Gasteiger partial charge in [0.2, 0.25) is 10.0 Å². The van der Waals surface area contributed by atoms with Crippen molar-refractivity contribution in [3.8, 4) is 17.0 Å². The Morgan fingerprint density at radius 2 is 1.86 bits per heavy atom. The second-order valence-corrected chi connectivity index (χ2v) is 11.5. The minimum Gasteiger partial charge on any atom is -0.493 e. The standard InChI is InChI=1S/C23H25N5O5S2/c1-35(31,32)26-12-10-25(11-13-26)9-2-14-33-19-7-8-21-22(15-19)34-23-24-20(16-27(21)23)17-3-5-18(6-4-17)28(29)30/h3-8,15-16H,2,9-14H2,1H3. The minimum atomic E-state index is -3.10. The molecule has 0 aliphatic carbocycles. The number of hydrogen-bond acceptors (Lipinski definition) is 8. The zero-order chi connectivity index (χ0) is 24.6. The highest BCUT2D eigenvalue weighted by Gasteiger charge is 2.22. The molecule has 1 aliphatic heterocycles. The van der Waals surface area contributed by atoms with Gasteiger partial charge >= 0.3 is 0 Å². The predicted octanol–water partition coefficient (Wildman–Crippen LogP) is 3.47. The molecule has 0 saturated carbocycles. The number of ether oxygens (including phenoxy) is 1. The third-order valence-electron chi connectivity index (χ3n) is 6.13. The lowest BCUT2D eigenvalue weighted by Gasteiger charge is -2.33. The Labute approximate surface area is 206 Å². The summed E-state index contributed by atoms with van der Waals surface area (Å²) in [6.45, 7) is 4.04. The van der Waals surface area contributed by atoms with Crippen LogP contribution < -0.4 is 4.74 Å². The van der Waals surface area contributed by atoms with Crippen LogP contribution in [0, 0.1) is 10.1 Å². The third-order valence-corrected chi connectivity index (χ3v) is 8.45. The molecule has 12 heteroatoms.